The molecule has 0 spiro atoms. The van der Waals surface area contributed by atoms with Crippen LogP contribution in [0.25, 0.3) is 16.9 Å². The molecule has 3 rings (SSSR count). The first-order valence-electron chi connectivity index (χ1n) is 6.32. The van der Waals surface area contributed by atoms with Gasteiger partial charge in [-0.1, -0.05) is 6.07 Å². The normalized spacial score (nSPS) is 10.7. The highest BCUT2D eigenvalue weighted by molar-refractivity contribution is 5.86. The summed E-state index contributed by atoms with van der Waals surface area (Å²) in [6.07, 6.45) is 0.793. The van der Waals surface area contributed by atoms with E-state index in [1.807, 2.05) is 53.8 Å². The molecule has 0 radical (unpaired) electrons. The largest absolute Gasteiger partial charge is 0.497 e. The van der Waals surface area contributed by atoms with Crippen LogP contribution in [0.15, 0.2) is 42.5 Å². The quantitative estimate of drug-likeness (QED) is 0.684. The molecule has 3 aromatic rings. The summed E-state index contributed by atoms with van der Waals surface area (Å²) < 4.78 is 7.15. The van der Waals surface area contributed by atoms with E-state index in [0.29, 0.717) is 5.69 Å². The molecule has 0 bridgehead atoms. The number of hydrogen-bond acceptors (Lipinski definition) is 3. The van der Waals surface area contributed by atoms with Crippen LogP contribution in [-0.4, -0.2) is 22.8 Å². The Bertz CT molecular complexity index is 773. The van der Waals surface area contributed by atoms with Gasteiger partial charge in [0.25, 0.3) is 0 Å². The zero-order valence-corrected chi connectivity index (χ0v) is 11.3. The fraction of sp³-hybridized carbons (Fsp3) is 0.125. The number of aromatic nitrogens is 2. The Hall–Kier alpha value is -2.62. The lowest BCUT2D eigenvalue weighted by atomic mass is 10.2. The molecule has 0 aliphatic heterocycles. The van der Waals surface area contributed by atoms with Crippen molar-refractivity contribution in [3.8, 4) is 17.1 Å². The Kier molecular flexibility index (Phi) is 2.99. The summed E-state index contributed by atoms with van der Waals surface area (Å²) in [4.78, 5) is 15.6. The van der Waals surface area contributed by atoms with Gasteiger partial charge in [-0.3, -0.25) is 9.20 Å². The molecule has 4 nitrogen and oxygen atoms in total. The molecule has 2 aromatic heterocycles. The SMILES string of the molecule is COc1ccc(-c2nc(C=O)c3cccc(C)n23)cc1. The van der Waals surface area contributed by atoms with Crippen LogP contribution in [0.4, 0.5) is 0 Å². The second-order valence-corrected chi connectivity index (χ2v) is 4.55. The third-order valence-corrected chi connectivity index (χ3v) is 3.35. The van der Waals surface area contributed by atoms with Gasteiger partial charge < -0.3 is 4.74 Å². The first-order valence-corrected chi connectivity index (χ1v) is 6.32. The van der Waals surface area contributed by atoms with Crippen molar-refractivity contribution >= 4 is 11.8 Å². The molecule has 0 fully saturated rings. The summed E-state index contributed by atoms with van der Waals surface area (Å²) in [5.74, 6) is 1.56. The lowest BCUT2D eigenvalue weighted by Crippen LogP contribution is -1.94. The predicted octanol–water partition coefficient (Wildman–Crippen LogP) is 3.13. The van der Waals surface area contributed by atoms with Crippen molar-refractivity contribution in [3.05, 3.63) is 53.9 Å². The van der Waals surface area contributed by atoms with Gasteiger partial charge in [-0.05, 0) is 43.3 Å². The van der Waals surface area contributed by atoms with Gasteiger partial charge in [-0.25, -0.2) is 4.98 Å². The van der Waals surface area contributed by atoms with Gasteiger partial charge in [0.15, 0.2) is 6.29 Å². The Morgan fingerprint density at radius 3 is 2.55 bits per heavy atom. The number of fused-ring (bicyclic) bond motifs is 1. The topological polar surface area (TPSA) is 43.6 Å². The van der Waals surface area contributed by atoms with Gasteiger partial charge in [0.1, 0.15) is 17.3 Å². The Balaban J connectivity index is 2.27. The molecule has 0 saturated heterocycles. The number of nitrogens with zero attached hydrogens (tertiary/aromatic N) is 2. The monoisotopic (exact) mass is 266 g/mol. The average molecular weight is 266 g/mol. The summed E-state index contributed by atoms with van der Waals surface area (Å²) in [7, 11) is 1.63. The summed E-state index contributed by atoms with van der Waals surface area (Å²) in [6, 6.07) is 13.5. The van der Waals surface area contributed by atoms with Crippen LogP contribution in [0.2, 0.25) is 0 Å². The van der Waals surface area contributed by atoms with Gasteiger partial charge in [0.05, 0.1) is 12.6 Å². The molecule has 0 aliphatic carbocycles. The maximum atomic E-state index is 11.2. The molecule has 0 unspecified atom stereocenters. The van der Waals surface area contributed by atoms with Crippen LogP contribution >= 0.6 is 0 Å². The van der Waals surface area contributed by atoms with Gasteiger partial charge in [-0.2, -0.15) is 0 Å². The molecular formula is C16H14N2O2. The van der Waals surface area contributed by atoms with Crippen LogP contribution in [0.5, 0.6) is 5.75 Å². The number of rotatable bonds is 3. The minimum Gasteiger partial charge on any atom is -0.497 e. The summed E-state index contributed by atoms with van der Waals surface area (Å²) in [5.41, 5.74) is 3.27. The zero-order valence-electron chi connectivity index (χ0n) is 11.3. The van der Waals surface area contributed by atoms with Crippen LogP contribution < -0.4 is 4.74 Å². The number of pyridine rings is 1. The lowest BCUT2D eigenvalue weighted by molar-refractivity contribution is 0.112. The van der Waals surface area contributed by atoms with Gasteiger partial charge >= 0.3 is 0 Å². The lowest BCUT2D eigenvalue weighted by Gasteiger charge is -2.06. The molecule has 0 amide bonds. The third kappa shape index (κ3) is 1.86. The molecule has 0 saturated carbocycles. The van der Waals surface area contributed by atoms with Crippen molar-refractivity contribution in [2.45, 2.75) is 6.92 Å². The maximum absolute atomic E-state index is 11.2. The van der Waals surface area contributed by atoms with Crippen LogP contribution in [0.3, 0.4) is 0 Å². The van der Waals surface area contributed by atoms with E-state index < -0.39 is 0 Å². The maximum Gasteiger partial charge on any atom is 0.170 e. The minimum atomic E-state index is 0.458. The van der Waals surface area contributed by atoms with Crippen LogP contribution in [-0.2, 0) is 0 Å². The number of aryl methyl sites for hydroxylation is 1. The second-order valence-electron chi connectivity index (χ2n) is 4.55. The Morgan fingerprint density at radius 1 is 1.15 bits per heavy atom. The second kappa shape index (κ2) is 4.81. The van der Waals surface area contributed by atoms with E-state index in [4.69, 9.17) is 4.74 Å². The summed E-state index contributed by atoms with van der Waals surface area (Å²) >= 11 is 0. The van der Waals surface area contributed by atoms with Gasteiger partial charge in [-0.15, -0.1) is 0 Å². The molecule has 1 aromatic carbocycles. The van der Waals surface area contributed by atoms with E-state index in [-0.39, 0.29) is 0 Å². The number of benzene rings is 1. The number of methoxy groups -OCH3 is 1. The van der Waals surface area contributed by atoms with Crippen molar-refractivity contribution < 1.29 is 9.53 Å². The fourth-order valence-corrected chi connectivity index (χ4v) is 2.34. The molecule has 100 valence electrons. The van der Waals surface area contributed by atoms with Crippen molar-refractivity contribution in [2.24, 2.45) is 0 Å². The smallest absolute Gasteiger partial charge is 0.170 e. The molecule has 4 heteroatoms. The van der Waals surface area contributed by atoms with E-state index in [1.165, 1.54) is 0 Å². The molecule has 2 heterocycles. The molecule has 0 aliphatic rings. The third-order valence-electron chi connectivity index (χ3n) is 3.35. The summed E-state index contributed by atoms with van der Waals surface area (Å²) in [6.45, 7) is 2.00. The highest BCUT2D eigenvalue weighted by Crippen LogP contribution is 2.25. The summed E-state index contributed by atoms with van der Waals surface area (Å²) in [5, 5.41) is 0. The van der Waals surface area contributed by atoms with E-state index >= 15 is 0 Å². The van der Waals surface area contributed by atoms with Gasteiger partial charge in [0, 0.05) is 11.3 Å². The number of hydrogen-bond donors (Lipinski definition) is 0. The number of ether oxygens (including phenoxy) is 1. The van der Waals surface area contributed by atoms with E-state index in [1.54, 1.807) is 7.11 Å². The van der Waals surface area contributed by atoms with E-state index in [0.717, 1.165) is 34.6 Å². The van der Waals surface area contributed by atoms with E-state index in [2.05, 4.69) is 4.98 Å². The first kappa shape index (κ1) is 12.4. The van der Waals surface area contributed by atoms with Crippen molar-refractivity contribution in [1.82, 2.24) is 9.38 Å². The number of carbonyl (C=O) groups is 1. The van der Waals surface area contributed by atoms with Crippen molar-refractivity contribution in [3.63, 3.8) is 0 Å². The average Bonchev–Trinajstić information content (AvgIpc) is 2.87. The predicted molar refractivity (Wildman–Crippen MR) is 77.3 cm³/mol. The molecular weight excluding hydrogens is 252 g/mol. The van der Waals surface area contributed by atoms with Gasteiger partial charge in [0.2, 0.25) is 0 Å². The Labute approximate surface area is 116 Å². The number of aldehydes is 1. The fourth-order valence-electron chi connectivity index (χ4n) is 2.34. The first-order chi connectivity index (χ1) is 9.74. The van der Waals surface area contributed by atoms with Crippen molar-refractivity contribution in [2.75, 3.05) is 7.11 Å². The molecule has 20 heavy (non-hydrogen) atoms. The van der Waals surface area contributed by atoms with Crippen LogP contribution in [0.1, 0.15) is 16.2 Å². The zero-order chi connectivity index (χ0) is 14.1. The van der Waals surface area contributed by atoms with E-state index in [9.17, 15) is 4.79 Å². The molecule has 0 atom stereocenters. The van der Waals surface area contributed by atoms with Crippen LogP contribution in [0, 0.1) is 6.92 Å². The number of carbonyl (C=O) groups excluding carboxylic acids is 1. The van der Waals surface area contributed by atoms with Crippen molar-refractivity contribution in [1.29, 1.82) is 0 Å². The standard InChI is InChI=1S/C16H14N2O2/c1-11-4-3-5-15-14(10-19)17-16(18(11)15)12-6-8-13(20-2)9-7-12/h3-10H,1-2H3. The Morgan fingerprint density at radius 2 is 1.90 bits per heavy atom. The molecule has 0 N–H and O–H groups in total. The minimum absolute atomic E-state index is 0.458. The highest BCUT2D eigenvalue weighted by atomic mass is 16.5. The number of imidazole rings is 1. The highest BCUT2D eigenvalue weighted by Gasteiger charge is 2.13.